The van der Waals surface area contributed by atoms with Crippen molar-refractivity contribution in [3.05, 3.63) is 23.2 Å². The van der Waals surface area contributed by atoms with Gasteiger partial charge in [-0.25, -0.2) is 0 Å². The Labute approximate surface area is 182 Å². The molecule has 0 radical (unpaired) electrons. The Morgan fingerprint density at radius 1 is 1.32 bits per heavy atom. The maximum Gasteiger partial charge on any atom is 0.516 e. The summed E-state index contributed by atoms with van der Waals surface area (Å²) < 4.78 is 65.0. The van der Waals surface area contributed by atoms with Crippen LogP contribution in [0.2, 0.25) is 0 Å². The van der Waals surface area contributed by atoms with E-state index >= 15 is 0 Å². The van der Waals surface area contributed by atoms with E-state index in [0.717, 1.165) is 17.8 Å². The van der Waals surface area contributed by atoms with Crippen molar-refractivity contribution in [1.82, 2.24) is 10.2 Å². The van der Waals surface area contributed by atoms with Gasteiger partial charge in [0.15, 0.2) is 0 Å². The summed E-state index contributed by atoms with van der Waals surface area (Å²) >= 11 is 1.10. The lowest BCUT2D eigenvalue weighted by Crippen LogP contribution is -2.41. The minimum atomic E-state index is -5.63. The molecule has 0 bridgehead atoms. The summed E-state index contributed by atoms with van der Waals surface area (Å²) in [6, 6.07) is 3.46. The van der Waals surface area contributed by atoms with E-state index in [-0.39, 0.29) is 22.5 Å². The van der Waals surface area contributed by atoms with Crippen LogP contribution < -0.4 is 9.62 Å². The predicted molar refractivity (Wildman–Crippen MR) is 114 cm³/mol. The third-order valence-corrected chi connectivity index (χ3v) is 6.57. The molecule has 31 heavy (non-hydrogen) atoms. The number of fused-ring (bicyclic) bond motifs is 1. The van der Waals surface area contributed by atoms with Crippen LogP contribution in [-0.2, 0) is 16.4 Å². The van der Waals surface area contributed by atoms with E-state index in [1.807, 2.05) is 0 Å². The molecular formula is C18H23F3N6O2S2. The van der Waals surface area contributed by atoms with Crippen LogP contribution in [0.25, 0.3) is 0 Å². The number of benzene rings is 1. The van der Waals surface area contributed by atoms with Gasteiger partial charge in [-0.05, 0) is 37.3 Å². The van der Waals surface area contributed by atoms with Crippen molar-refractivity contribution in [2.45, 2.75) is 51.6 Å². The second-order valence-corrected chi connectivity index (χ2v) is 10.1. The lowest BCUT2D eigenvalue weighted by molar-refractivity contribution is -0.0429. The van der Waals surface area contributed by atoms with Crippen LogP contribution in [0, 0.1) is 5.92 Å². The molecule has 1 N–H and O–H groups in total. The molecule has 13 heteroatoms. The van der Waals surface area contributed by atoms with Crippen LogP contribution in [0.5, 0.6) is 0 Å². The number of azo groups is 1. The molecular weight excluding hydrogens is 453 g/mol. The number of nitrogens with zero attached hydrogens (tertiary/aromatic N) is 5. The first kappa shape index (κ1) is 23.4. The first-order valence-electron chi connectivity index (χ1n) is 9.73. The Hall–Kier alpha value is -2.28. The fraction of sp³-hybridized carbons (Fsp3) is 0.556. The number of sulfonamides is 1. The zero-order chi connectivity index (χ0) is 22.8. The zero-order valence-corrected chi connectivity index (χ0v) is 18.9. The topological polar surface area (TPSA) is 99.9 Å². The first-order valence-corrected chi connectivity index (χ1v) is 12.1. The van der Waals surface area contributed by atoms with E-state index < -0.39 is 15.5 Å². The van der Waals surface area contributed by atoms with Crippen molar-refractivity contribution < 1.29 is 21.6 Å². The van der Waals surface area contributed by atoms with E-state index in [2.05, 4.69) is 46.1 Å². The maximum atomic E-state index is 13.1. The first-order chi connectivity index (χ1) is 14.5. The van der Waals surface area contributed by atoms with E-state index in [1.165, 1.54) is 11.6 Å². The molecule has 2 heterocycles. The average molecular weight is 477 g/mol. The Balaban J connectivity index is 2.13. The van der Waals surface area contributed by atoms with Gasteiger partial charge in [0.2, 0.25) is 0 Å². The molecule has 0 spiro atoms. The van der Waals surface area contributed by atoms with Crippen molar-refractivity contribution in [2.75, 3.05) is 16.2 Å². The van der Waals surface area contributed by atoms with Crippen LogP contribution in [-0.4, -0.2) is 36.7 Å². The van der Waals surface area contributed by atoms with Crippen molar-refractivity contribution in [2.24, 2.45) is 16.1 Å². The number of hydrogen-bond acceptors (Lipinski definition) is 8. The molecule has 3 rings (SSSR count). The highest BCUT2D eigenvalue weighted by atomic mass is 32.2. The lowest BCUT2D eigenvalue weighted by Gasteiger charge is -2.40. The van der Waals surface area contributed by atoms with Gasteiger partial charge in [0.05, 0.1) is 5.69 Å². The molecule has 1 aliphatic rings. The van der Waals surface area contributed by atoms with E-state index in [0.29, 0.717) is 36.6 Å². The molecule has 8 nitrogen and oxygen atoms in total. The van der Waals surface area contributed by atoms with Gasteiger partial charge in [0, 0.05) is 23.8 Å². The summed E-state index contributed by atoms with van der Waals surface area (Å²) in [7, 11) is -5.63. The summed E-state index contributed by atoms with van der Waals surface area (Å²) in [5.41, 5.74) is -3.05. The molecule has 0 saturated carbocycles. The van der Waals surface area contributed by atoms with Crippen molar-refractivity contribution in [1.29, 1.82) is 0 Å². The second-order valence-electron chi connectivity index (χ2n) is 7.58. The molecule has 1 aromatic carbocycles. The van der Waals surface area contributed by atoms with E-state index in [1.54, 1.807) is 10.8 Å². The molecule has 0 fully saturated rings. The van der Waals surface area contributed by atoms with Gasteiger partial charge in [-0.2, -0.15) is 21.6 Å². The Morgan fingerprint density at radius 3 is 2.65 bits per heavy atom. The molecule has 1 aliphatic heterocycles. The van der Waals surface area contributed by atoms with Gasteiger partial charge in [0.25, 0.3) is 5.13 Å². The van der Waals surface area contributed by atoms with Gasteiger partial charge in [0.1, 0.15) is 11.2 Å². The predicted octanol–water partition coefficient (Wildman–Crippen LogP) is 5.40. The molecule has 1 unspecified atom stereocenters. The smallest absolute Gasteiger partial charge is 0.368 e. The number of anilines is 2. The quantitative estimate of drug-likeness (QED) is 0.539. The largest absolute Gasteiger partial charge is 0.516 e. The van der Waals surface area contributed by atoms with Gasteiger partial charge < -0.3 is 4.90 Å². The van der Waals surface area contributed by atoms with Gasteiger partial charge in [-0.15, -0.1) is 20.4 Å². The minimum absolute atomic E-state index is 0.0128. The second kappa shape index (κ2) is 9.07. The fourth-order valence-corrected chi connectivity index (χ4v) is 4.56. The molecule has 0 saturated heterocycles. The Bertz CT molecular complexity index is 1040. The fourth-order valence-electron chi connectivity index (χ4n) is 3.57. The number of nitrogens with one attached hydrogen (secondary N) is 1. The monoisotopic (exact) mass is 476 g/mol. The van der Waals surface area contributed by atoms with E-state index in [9.17, 15) is 21.6 Å². The number of alkyl halides is 3. The van der Waals surface area contributed by atoms with Crippen LogP contribution in [0.15, 0.2) is 27.9 Å². The molecule has 2 aromatic rings. The van der Waals surface area contributed by atoms with Crippen LogP contribution in [0.1, 0.15) is 39.2 Å². The molecule has 0 amide bonds. The normalized spacial score (nSPS) is 17.4. The highest BCUT2D eigenvalue weighted by molar-refractivity contribution is 7.93. The van der Waals surface area contributed by atoms with Crippen LogP contribution >= 0.6 is 11.3 Å². The number of aromatic nitrogens is 2. The zero-order valence-electron chi connectivity index (χ0n) is 17.2. The lowest BCUT2D eigenvalue weighted by atomic mass is 9.91. The van der Waals surface area contributed by atoms with Gasteiger partial charge >= 0.3 is 15.5 Å². The van der Waals surface area contributed by atoms with Crippen molar-refractivity contribution in [3.8, 4) is 0 Å². The average Bonchev–Trinajstić information content (AvgIpc) is 3.19. The van der Waals surface area contributed by atoms with E-state index in [4.69, 9.17) is 0 Å². The highest BCUT2D eigenvalue weighted by Gasteiger charge is 2.47. The van der Waals surface area contributed by atoms with Crippen LogP contribution in [0.4, 0.5) is 35.4 Å². The van der Waals surface area contributed by atoms with Gasteiger partial charge in [-0.1, -0.05) is 32.1 Å². The summed E-state index contributed by atoms with van der Waals surface area (Å²) in [6.07, 6.45) is 1.97. The van der Waals surface area contributed by atoms with Crippen molar-refractivity contribution in [3.63, 3.8) is 0 Å². The highest BCUT2D eigenvalue weighted by Crippen LogP contribution is 2.43. The number of rotatable bonds is 7. The number of halogens is 3. The SMILES string of the molecule is CCC1CCc2c(ccc(N=Nc3nncs3)c2NS(=O)(=O)C(F)(F)F)N1CC(C)C. The molecule has 0 aliphatic carbocycles. The summed E-state index contributed by atoms with van der Waals surface area (Å²) in [6.45, 7) is 6.86. The molecule has 1 aromatic heterocycles. The Kier molecular flexibility index (Phi) is 6.84. The maximum absolute atomic E-state index is 13.1. The minimum Gasteiger partial charge on any atom is -0.368 e. The van der Waals surface area contributed by atoms with Crippen LogP contribution in [0.3, 0.4) is 0 Å². The van der Waals surface area contributed by atoms with Crippen molar-refractivity contribution >= 4 is 43.6 Å². The third-order valence-electron chi connectivity index (χ3n) is 4.91. The third kappa shape index (κ3) is 5.14. The summed E-state index contributed by atoms with van der Waals surface area (Å²) in [5.74, 6) is 0.312. The number of hydrogen-bond donors (Lipinski definition) is 1. The van der Waals surface area contributed by atoms with Gasteiger partial charge in [-0.3, -0.25) is 4.72 Å². The molecule has 170 valence electrons. The summed E-state index contributed by atoms with van der Waals surface area (Å²) in [4.78, 5) is 2.14. The summed E-state index contributed by atoms with van der Waals surface area (Å²) in [5, 5.41) is 15.4. The Morgan fingerprint density at radius 2 is 2.06 bits per heavy atom. The standard InChI is InChI=1S/C18H23F3N6O2S2/c1-4-12-5-6-13-15(27(12)9-11(2)3)8-7-14(23-25-17-24-22-10-30-17)16(13)26-31(28,29)18(19,20)21/h7-8,10-12,26H,4-6,9H2,1-3H3. The molecule has 1 atom stereocenters.